The second-order valence-electron chi connectivity index (χ2n) is 5.06. The maximum atomic E-state index is 12.0. The first kappa shape index (κ1) is 19.4. The van der Waals surface area contributed by atoms with E-state index in [-0.39, 0.29) is 13.1 Å². The molecule has 0 aliphatic rings. The molecule has 0 aliphatic carbocycles. The van der Waals surface area contributed by atoms with Crippen LogP contribution in [0.5, 0.6) is 0 Å². The van der Waals surface area contributed by atoms with Gasteiger partial charge in [0.2, 0.25) is 10.0 Å². The number of rotatable bonds is 8. The zero-order chi connectivity index (χ0) is 17.7. The van der Waals surface area contributed by atoms with Gasteiger partial charge in [-0.25, -0.2) is 23.1 Å². The van der Waals surface area contributed by atoms with E-state index in [1.54, 1.807) is 17.9 Å². The maximum absolute atomic E-state index is 12.0. The number of nitrogens with one attached hydrogen (secondary N) is 2. The summed E-state index contributed by atoms with van der Waals surface area (Å²) < 4.78 is 61.0. The molecule has 1 aromatic heterocycles. The summed E-state index contributed by atoms with van der Waals surface area (Å²) in [4.78, 5) is 10.1. The largest absolute Gasteiger partial charge is 0.390 e. The van der Waals surface area contributed by atoms with E-state index in [0.717, 1.165) is 0 Å². The molecule has 1 rings (SSSR count). The van der Waals surface area contributed by atoms with E-state index in [1.807, 2.05) is 14.1 Å². The van der Waals surface area contributed by atoms with Crippen LogP contribution in [0.4, 0.5) is 24.8 Å². The Labute approximate surface area is 133 Å². The van der Waals surface area contributed by atoms with Gasteiger partial charge in [-0.2, -0.15) is 13.2 Å². The first-order valence-electron chi connectivity index (χ1n) is 6.79. The minimum atomic E-state index is -4.49. The quantitative estimate of drug-likeness (QED) is 0.680. The number of hydrogen-bond donors (Lipinski definition) is 2. The van der Waals surface area contributed by atoms with E-state index in [4.69, 9.17) is 0 Å². The summed E-state index contributed by atoms with van der Waals surface area (Å²) in [5, 5.41) is 2.90. The molecule has 2 N–H and O–H groups in total. The Morgan fingerprint density at radius 3 is 2.43 bits per heavy atom. The molecule has 132 valence electrons. The Morgan fingerprint density at radius 2 is 1.87 bits per heavy atom. The fourth-order valence-electron chi connectivity index (χ4n) is 1.59. The van der Waals surface area contributed by atoms with Gasteiger partial charge < -0.3 is 10.2 Å². The predicted octanol–water partition coefficient (Wildman–Crippen LogP) is 1.13. The molecule has 0 amide bonds. The van der Waals surface area contributed by atoms with Crippen LogP contribution < -0.4 is 14.9 Å². The van der Waals surface area contributed by atoms with E-state index in [0.29, 0.717) is 17.5 Å². The first-order chi connectivity index (χ1) is 10.5. The molecule has 0 aliphatic heterocycles. The van der Waals surface area contributed by atoms with Gasteiger partial charge in [0, 0.05) is 33.3 Å². The van der Waals surface area contributed by atoms with Crippen LogP contribution in [0.25, 0.3) is 0 Å². The van der Waals surface area contributed by atoms with E-state index in [1.165, 1.54) is 0 Å². The Bertz CT molecular complexity index is 620. The van der Waals surface area contributed by atoms with Crippen molar-refractivity contribution in [1.29, 1.82) is 0 Å². The molecular formula is C12H20F3N5O2S. The van der Waals surface area contributed by atoms with Crippen molar-refractivity contribution in [3.63, 3.8) is 0 Å². The highest BCUT2D eigenvalue weighted by molar-refractivity contribution is 7.89. The molecule has 0 atom stereocenters. The summed E-state index contributed by atoms with van der Waals surface area (Å²) in [6.07, 6.45) is -5.86. The maximum Gasteiger partial charge on any atom is 0.390 e. The molecular weight excluding hydrogens is 335 g/mol. The van der Waals surface area contributed by atoms with Crippen LogP contribution in [-0.4, -0.2) is 57.5 Å². The van der Waals surface area contributed by atoms with Crippen molar-refractivity contribution in [2.45, 2.75) is 19.5 Å². The lowest BCUT2D eigenvalue weighted by molar-refractivity contribution is -0.129. The van der Waals surface area contributed by atoms with Gasteiger partial charge in [-0.05, 0) is 6.92 Å². The molecule has 1 aromatic rings. The van der Waals surface area contributed by atoms with E-state index in [2.05, 4.69) is 20.0 Å². The molecule has 0 radical (unpaired) electrons. The Hall–Kier alpha value is -1.62. The second-order valence-corrected chi connectivity index (χ2v) is 6.98. The Balaban J connectivity index is 2.46. The monoisotopic (exact) mass is 355 g/mol. The third-order valence-electron chi connectivity index (χ3n) is 2.69. The third kappa shape index (κ3) is 7.98. The predicted molar refractivity (Wildman–Crippen MR) is 82.0 cm³/mol. The summed E-state index contributed by atoms with van der Waals surface area (Å²) in [6, 6.07) is 1.69. The molecule has 0 unspecified atom stereocenters. The normalized spacial score (nSPS) is 12.3. The van der Waals surface area contributed by atoms with Gasteiger partial charge >= 0.3 is 6.18 Å². The molecule has 7 nitrogen and oxygen atoms in total. The molecule has 0 fully saturated rings. The van der Waals surface area contributed by atoms with Crippen LogP contribution in [0.15, 0.2) is 6.07 Å². The molecule has 23 heavy (non-hydrogen) atoms. The zero-order valence-corrected chi connectivity index (χ0v) is 13.9. The van der Waals surface area contributed by atoms with Gasteiger partial charge in [-0.3, -0.25) is 0 Å². The minimum absolute atomic E-state index is 0.0411. The fourth-order valence-corrected chi connectivity index (χ4v) is 2.65. The van der Waals surface area contributed by atoms with Crippen LogP contribution in [0.2, 0.25) is 0 Å². The lowest BCUT2D eigenvalue weighted by atomic mass is 10.4. The molecule has 11 heteroatoms. The van der Waals surface area contributed by atoms with Crippen molar-refractivity contribution >= 4 is 21.7 Å². The number of hydrogen-bond acceptors (Lipinski definition) is 6. The van der Waals surface area contributed by atoms with Crippen molar-refractivity contribution in [3.05, 3.63) is 11.9 Å². The van der Waals surface area contributed by atoms with Crippen molar-refractivity contribution < 1.29 is 21.6 Å². The number of sulfonamides is 1. The Kier molecular flexibility index (Phi) is 6.57. The number of halogens is 3. The summed E-state index contributed by atoms with van der Waals surface area (Å²) in [6.45, 7) is 1.87. The van der Waals surface area contributed by atoms with E-state index >= 15 is 0 Å². The van der Waals surface area contributed by atoms with Crippen LogP contribution >= 0.6 is 0 Å². The van der Waals surface area contributed by atoms with Gasteiger partial charge in [-0.15, -0.1) is 0 Å². The van der Waals surface area contributed by atoms with Crippen molar-refractivity contribution in [1.82, 2.24) is 14.7 Å². The highest BCUT2D eigenvalue weighted by Gasteiger charge is 2.29. The number of aromatic nitrogens is 2. The van der Waals surface area contributed by atoms with Gasteiger partial charge in [0.05, 0.1) is 12.2 Å². The lowest BCUT2D eigenvalue weighted by Crippen LogP contribution is -2.32. The fraction of sp³-hybridized carbons (Fsp3) is 0.667. The standard InChI is InChI=1S/C12H20F3N5O2S/c1-9-18-10(8-11(19-9)20(2)3)16-5-6-17-23(21,22)7-4-12(13,14)15/h8,17H,4-7H2,1-3H3,(H,16,18,19). The summed E-state index contributed by atoms with van der Waals surface area (Å²) in [7, 11) is -0.310. The molecule has 0 saturated heterocycles. The highest BCUT2D eigenvalue weighted by Crippen LogP contribution is 2.19. The highest BCUT2D eigenvalue weighted by atomic mass is 32.2. The zero-order valence-electron chi connectivity index (χ0n) is 13.1. The third-order valence-corrected chi connectivity index (χ3v) is 4.08. The molecule has 0 aromatic carbocycles. The average Bonchev–Trinajstić information content (AvgIpc) is 2.40. The average molecular weight is 355 g/mol. The SMILES string of the molecule is Cc1nc(NCCNS(=O)(=O)CCC(F)(F)F)cc(N(C)C)n1. The molecule has 0 saturated carbocycles. The van der Waals surface area contributed by atoms with Crippen LogP contribution in [-0.2, 0) is 10.0 Å². The Morgan fingerprint density at radius 1 is 1.22 bits per heavy atom. The number of alkyl halides is 3. The summed E-state index contributed by atoms with van der Waals surface area (Å²) >= 11 is 0. The number of aryl methyl sites for hydroxylation is 1. The summed E-state index contributed by atoms with van der Waals surface area (Å²) in [5.74, 6) is 0.763. The topological polar surface area (TPSA) is 87.2 Å². The van der Waals surface area contributed by atoms with Crippen molar-refractivity contribution in [2.24, 2.45) is 0 Å². The first-order valence-corrected chi connectivity index (χ1v) is 8.45. The minimum Gasteiger partial charge on any atom is -0.369 e. The van der Waals surface area contributed by atoms with Gasteiger partial charge in [0.25, 0.3) is 0 Å². The summed E-state index contributed by atoms with van der Waals surface area (Å²) in [5.41, 5.74) is 0. The smallest absolute Gasteiger partial charge is 0.369 e. The molecule has 0 bridgehead atoms. The van der Waals surface area contributed by atoms with Crippen molar-refractivity contribution in [2.75, 3.05) is 43.2 Å². The lowest BCUT2D eigenvalue weighted by Gasteiger charge is -2.14. The second kappa shape index (κ2) is 7.77. The molecule has 0 spiro atoms. The van der Waals surface area contributed by atoms with E-state index < -0.39 is 28.4 Å². The molecule has 1 heterocycles. The van der Waals surface area contributed by atoms with Crippen LogP contribution in [0, 0.1) is 6.92 Å². The van der Waals surface area contributed by atoms with E-state index in [9.17, 15) is 21.6 Å². The number of nitrogens with zero attached hydrogens (tertiary/aromatic N) is 3. The van der Waals surface area contributed by atoms with Crippen molar-refractivity contribution in [3.8, 4) is 0 Å². The van der Waals surface area contributed by atoms with Crippen LogP contribution in [0.1, 0.15) is 12.2 Å². The van der Waals surface area contributed by atoms with Crippen LogP contribution in [0.3, 0.4) is 0 Å². The van der Waals surface area contributed by atoms with Gasteiger partial charge in [0.1, 0.15) is 17.5 Å². The van der Waals surface area contributed by atoms with Gasteiger partial charge in [0.15, 0.2) is 0 Å². The number of anilines is 2. The van der Waals surface area contributed by atoms with Gasteiger partial charge in [-0.1, -0.05) is 0 Å².